The summed E-state index contributed by atoms with van der Waals surface area (Å²) in [6.07, 6.45) is 4.28. The van der Waals surface area contributed by atoms with Gasteiger partial charge in [-0.1, -0.05) is 12.1 Å². The minimum atomic E-state index is -0.404. The van der Waals surface area contributed by atoms with E-state index >= 15 is 0 Å². The average molecular weight is 395 g/mol. The lowest BCUT2D eigenvalue weighted by Gasteiger charge is -2.29. The summed E-state index contributed by atoms with van der Waals surface area (Å²) in [6, 6.07) is 7.05. The Morgan fingerprint density at radius 2 is 2.07 bits per heavy atom. The van der Waals surface area contributed by atoms with Gasteiger partial charge in [0, 0.05) is 11.4 Å². The van der Waals surface area contributed by atoms with E-state index in [0.717, 1.165) is 24.6 Å². The molecule has 0 radical (unpaired) electrons. The van der Waals surface area contributed by atoms with Crippen LogP contribution >= 0.6 is 0 Å². The molecule has 0 saturated heterocycles. The molecule has 0 spiro atoms. The van der Waals surface area contributed by atoms with E-state index in [1.807, 2.05) is 18.2 Å². The van der Waals surface area contributed by atoms with Crippen LogP contribution in [0.5, 0.6) is 0 Å². The molecule has 2 saturated carbocycles. The van der Waals surface area contributed by atoms with Gasteiger partial charge in [-0.3, -0.25) is 19.0 Å². The summed E-state index contributed by atoms with van der Waals surface area (Å²) in [6.45, 7) is -0.180. The fourth-order valence-corrected chi connectivity index (χ4v) is 5.09. The van der Waals surface area contributed by atoms with E-state index in [1.54, 1.807) is 6.07 Å². The van der Waals surface area contributed by atoms with Gasteiger partial charge in [0.25, 0.3) is 5.56 Å². The molecule has 150 valence electrons. The summed E-state index contributed by atoms with van der Waals surface area (Å²) < 4.78 is 11.8. The van der Waals surface area contributed by atoms with Crippen LogP contribution in [0.25, 0.3) is 22.1 Å². The number of furan rings is 1. The minimum absolute atomic E-state index is 0.133. The van der Waals surface area contributed by atoms with Crippen molar-refractivity contribution >= 4 is 33.9 Å². The maximum absolute atomic E-state index is 12.8. The van der Waals surface area contributed by atoms with Crippen molar-refractivity contribution in [2.24, 2.45) is 17.8 Å². The zero-order valence-electron chi connectivity index (χ0n) is 16.0. The average Bonchev–Trinajstić information content (AvgIpc) is 3.42. The summed E-state index contributed by atoms with van der Waals surface area (Å²) >= 11 is 0. The Morgan fingerprint density at radius 3 is 2.90 bits per heavy atom. The van der Waals surface area contributed by atoms with Crippen LogP contribution in [0.4, 0.5) is 0 Å². The maximum Gasteiger partial charge on any atom is 0.311 e. The minimum Gasteiger partial charge on any atom is -0.469 e. The second-order valence-corrected chi connectivity index (χ2v) is 7.93. The molecule has 5 rings (SSSR count). The monoisotopic (exact) mass is 395 g/mol. The molecule has 2 bridgehead atoms. The number of methoxy groups -OCH3 is 1. The molecule has 1 aromatic carbocycles. The zero-order chi connectivity index (χ0) is 20.1. The summed E-state index contributed by atoms with van der Waals surface area (Å²) in [5, 5.41) is 3.73. The molecule has 0 unspecified atom stereocenters. The Balaban J connectivity index is 1.39. The normalized spacial score (nSPS) is 25.6. The van der Waals surface area contributed by atoms with Crippen molar-refractivity contribution in [3.8, 4) is 0 Å². The zero-order valence-corrected chi connectivity index (χ0v) is 16.0. The SMILES string of the molecule is COC(=O)[C@@H]1[C@H]2CC[C@@H](C2)[C@@H]1NC(=O)Cn1cnc2c(oc3ccccc32)c1=O. The Labute approximate surface area is 165 Å². The molecule has 0 aliphatic heterocycles. The number of hydrogen-bond donors (Lipinski definition) is 1. The first-order valence-corrected chi connectivity index (χ1v) is 9.80. The standard InChI is InChI=1S/C21H21N3O5/c1-28-21(27)16-11-6-7-12(8-11)17(16)23-15(25)9-24-10-22-18-13-4-2-3-5-14(13)29-19(18)20(24)26/h2-5,10-12,16-17H,6-9H2,1H3,(H,23,25)/t11-,12-,16+,17-/m0/s1. The molecule has 2 aromatic heterocycles. The van der Waals surface area contributed by atoms with Gasteiger partial charge in [-0.15, -0.1) is 0 Å². The second-order valence-electron chi connectivity index (χ2n) is 7.93. The molecule has 2 heterocycles. The number of para-hydroxylation sites is 1. The number of aromatic nitrogens is 2. The smallest absolute Gasteiger partial charge is 0.311 e. The summed E-state index contributed by atoms with van der Waals surface area (Å²) in [5.74, 6) is -0.369. The van der Waals surface area contributed by atoms with Crippen LogP contribution in [0.1, 0.15) is 19.3 Å². The fraction of sp³-hybridized carbons (Fsp3) is 0.429. The molecular weight excluding hydrogens is 374 g/mol. The molecule has 1 N–H and O–H groups in total. The van der Waals surface area contributed by atoms with Crippen molar-refractivity contribution < 1.29 is 18.7 Å². The third-order valence-electron chi connectivity index (χ3n) is 6.38. The van der Waals surface area contributed by atoms with Crippen LogP contribution in [0, 0.1) is 17.8 Å². The number of amides is 1. The van der Waals surface area contributed by atoms with Crippen molar-refractivity contribution in [3.05, 3.63) is 40.9 Å². The molecular formula is C21H21N3O5. The van der Waals surface area contributed by atoms with Gasteiger partial charge in [-0.2, -0.15) is 0 Å². The number of nitrogens with one attached hydrogen (secondary N) is 1. The number of rotatable bonds is 4. The third kappa shape index (κ3) is 2.82. The molecule has 3 aromatic rings. The Kier molecular flexibility index (Phi) is 4.15. The highest BCUT2D eigenvalue weighted by Gasteiger charge is 2.51. The number of hydrogen-bond acceptors (Lipinski definition) is 6. The highest BCUT2D eigenvalue weighted by molar-refractivity contribution is 6.01. The fourth-order valence-electron chi connectivity index (χ4n) is 5.09. The predicted octanol–water partition coefficient (Wildman–Crippen LogP) is 1.85. The van der Waals surface area contributed by atoms with E-state index < -0.39 is 5.56 Å². The van der Waals surface area contributed by atoms with E-state index in [2.05, 4.69) is 10.3 Å². The van der Waals surface area contributed by atoms with Gasteiger partial charge >= 0.3 is 5.97 Å². The van der Waals surface area contributed by atoms with Gasteiger partial charge in [-0.25, -0.2) is 4.98 Å². The van der Waals surface area contributed by atoms with Crippen LogP contribution in [0.3, 0.4) is 0 Å². The van der Waals surface area contributed by atoms with Gasteiger partial charge in [0.05, 0.1) is 19.4 Å². The Morgan fingerprint density at radius 1 is 1.28 bits per heavy atom. The number of ether oxygens (including phenoxy) is 1. The predicted molar refractivity (Wildman–Crippen MR) is 104 cm³/mol. The summed E-state index contributed by atoms with van der Waals surface area (Å²) in [7, 11) is 1.38. The van der Waals surface area contributed by atoms with Gasteiger partial charge in [-0.05, 0) is 43.2 Å². The third-order valence-corrected chi connectivity index (χ3v) is 6.38. The lowest BCUT2D eigenvalue weighted by Crippen LogP contribution is -2.48. The molecule has 2 aliphatic carbocycles. The summed E-state index contributed by atoms with van der Waals surface area (Å²) in [5.41, 5.74) is 0.797. The molecule has 29 heavy (non-hydrogen) atoms. The molecule has 1 amide bonds. The second kappa shape index (κ2) is 6.72. The number of benzene rings is 1. The first kappa shape index (κ1) is 17.9. The van der Waals surface area contributed by atoms with Crippen LogP contribution < -0.4 is 10.9 Å². The van der Waals surface area contributed by atoms with Gasteiger partial charge in [0.2, 0.25) is 11.5 Å². The van der Waals surface area contributed by atoms with Crippen LogP contribution in [-0.2, 0) is 20.9 Å². The topological polar surface area (TPSA) is 103 Å². The van der Waals surface area contributed by atoms with E-state index in [0.29, 0.717) is 11.1 Å². The number of carbonyl (C=O) groups excluding carboxylic acids is 2. The molecule has 4 atom stereocenters. The number of fused-ring (bicyclic) bond motifs is 5. The quantitative estimate of drug-likeness (QED) is 0.676. The molecule has 8 heteroatoms. The van der Waals surface area contributed by atoms with Crippen LogP contribution in [0.15, 0.2) is 39.8 Å². The first-order valence-electron chi connectivity index (χ1n) is 9.80. The van der Waals surface area contributed by atoms with Crippen molar-refractivity contribution in [2.75, 3.05) is 7.11 Å². The van der Waals surface area contributed by atoms with Crippen LogP contribution in [-0.4, -0.2) is 34.6 Å². The lowest BCUT2D eigenvalue weighted by molar-refractivity contribution is -0.148. The van der Waals surface area contributed by atoms with Crippen LogP contribution in [0.2, 0.25) is 0 Å². The highest BCUT2D eigenvalue weighted by atomic mass is 16.5. The number of carbonyl (C=O) groups is 2. The largest absolute Gasteiger partial charge is 0.469 e. The molecule has 2 fully saturated rings. The number of nitrogens with zero attached hydrogens (tertiary/aromatic N) is 2. The highest BCUT2D eigenvalue weighted by Crippen LogP contribution is 2.48. The van der Waals surface area contributed by atoms with Crippen molar-refractivity contribution in [1.29, 1.82) is 0 Å². The van der Waals surface area contributed by atoms with Gasteiger partial charge < -0.3 is 14.5 Å². The maximum atomic E-state index is 12.8. The number of esters is 1. The van der Waals surface area contributed by atoms with E-state index in [-0.39, 0.29) is 47.8 Å². The lowest BCUT2D eigenvalue weighted by atomic mass is 9.84. The van der Waals surface area contributed by atoms with Crippen molar-refractivity contribution in [2.45, 2.75) is 31.8 Å². The van der Waals surface area contributed by atoms with Crippen molar-refractivity contribution in [1.82, 2.24) is 14.9 Å². The van der Waals surface area contributed by atoms with Crippen molar-refractivity contribution in [3.63, 3.8) is 0 Å². The Hall–Kier alpha value is -3.16. The van der Waals surface area contributed by atoms with Gasteiger partial charge in [0.1, 0.15) is 17.6 Å². The van der Waals surface area contributed by atoms with E-state index in [1.165, 1.54) is 18.0 Å². The van der Waals surface area contributed by atoms with E-state index in [4.69, 9.17) is 9.15 Å². The summed E-state index contributed by atoms with van der Waals surface area (Å²) in [4.78, 5) is 42.0. The Bertz CT molecular complexity index is 1180. The molecule has 2 aliphatic rings. The first-order chi connectivity index (χ1) is 14.1. The van der Waals surface area contributed by atoms with Gasteiger partial charge in [0.15, 0.2) is 0 Å². The van der Waals surface area contributed by atoms with E-state index in [9.17, 15) is 14.4 Å². The molecule has 8 nitrogen and oxygen atoms in total.